The van der Waals surface area contributed by atoms with Gasteiger partial charge < -0.3 is 10.6 Å². The van der Waals surface area contributed by atoms with Crippen molar-refractivity contribution in [3.63, 3.8) is 0 Å². The maximum absolute atomic E-state index is 13.4. The lowest BCUT2D eigenvalue weighted by molar-refractivity contribution is -0.121. The number of hydrogen-bond acceptors (Lipinski definition) is 2. The highest BCUT2D eigenvalue weighted by atomic mass is 19.1. The van der Waals surface area contributed by atoms with Gasteiger partial charge in [0, 0.05) is 24.6 Å². The number of halogens is 3. The van der Waals surface area contributed by atoms with Crippen LogP contribution in [0.1, 0.15) is 12.8 Å². The van der Waals surface area contributed by atoms with Crippen LogP contribution < -0.4 is 10.6 Å². The molecule has 2 N–H and O–H groups in total. The molecule has 0 atom stereocenters. The molecule has 0 aromatic heterocycles. The smallest absolute Gasteiger partial charge is 0.224 e. The molecule has 0 fully saturated rings. The lowest BCUT2D eigenvalue weighted by Gasteiger charge is -2.07. The number of anilines is 2. The van der Waals surface area contributed by atoms with E-state index in [4.69, 9.17) is 0 Å². The van der Waals surface area contributed by atoms with E-state index in [1.54, 1.807) is 0 Å². The third-order valence-electron chi connectivity index (χ3n) is 2.91. The first-order valence-corrected chi connectivity index (χ1v) is 6.74. The van der Waals surface area contributed by atoms with E-state index >= 15 is 0 Å². The molecule has 0 aliphatic rings. The monoisotopic (exact) mass is 322 g/mol. The lowest BCUT2D eigenvalue weighted by atomic mass is 10.2. The Kier molecular flexibility index (Phi) is 5.35. The fraction of sp³-hybridized carbons (Fsp3) is 0.125. The normalized spacial score (nSPS) is 10.2. The summed E-state index contributed by atoms with van der Waals surface area (Å²) >= 11 is 0. The average molecular weight is 322 g/mol. The van der Waals surface area contributed by atoms with Crippen molar-refractivity contribution in [3.05, 3.63) is 59.9 Å². The molecule has 0 spiro atoms. The van der Waals surface area contributed by atoms with Crippen LogP contribution in [-0.2, 0) is 9.59 Å². The summed E-state index contributed by atoms with van der Waals surface area (Å²) in [6, 6.07) is 7.93. The van der Waals surface area contributed by atoms with Crippen LogP contribution in [-0.4, -0.2) is 11.8 Å². The van der Waals surface area contributed by atoms with Gasteiger partial charge in [0.05, 0.1) is 5.69 Å². The molecule has 0 aliphatic heterocycles. The average Bonchev–Trinajstić information content (AvgIpc) is 2.50. The number of nitrogens with one attached hydrogen (secondary N) is 2. The van der Waals surface area contributed by atoms with Crippen molar-refractivity contribution in [1.29, 1.82) is 0 Å². The van der Waals surface area contributed by atoms with Crippen LogP contribution in [0.25, 0.3) is 0 Å². The molecule has 0 unspecified atom stereocenters. The van der Waals surface area contributed by atoms with E-state index in [0.717, 1.165) is 12.1 Å². The Morgan fingerprint density at radius 3 is 1.96 bits per heavy atom. The molecule has 0 heterocycles. The van der Waals surface area contributed by atoms with E-state index in [-0.39, 0.29) is 18.5 Å². The molecule has 2 aromatic rings. The van der Waals surface area contributed by atoms with Crippen LogP contribution in [0.4, 0.5) is 24.5 Å². The number of carbonyl (C=O) groups excluding carboxylic acids is 2. The molecule has 120 valence electrons. The Bertz CT molecular complexity index is 718. The molecule has 0 radical (unpaired) electrons. The van der Waals surface area contributed by atoms with Crippen molar-refractivity contribution in [2.45, 2.75) is 12.8 Å². The molecule has 2 aromatic carbocycles. The Morgan fingerprint density at radius 2 is 1.35 bits per heavy atom. The maximum atomic E-state index is 13.4. The molecule has 0 saturated heterocycles. The minimum atomic E-state index is -0.894. The topological polar surface area (TPSA) is 58.2 Å². The van der Waals surface area contributed by atoms with Gasteiger partial charge in [0.25, 0.3) is 0 Å². The predicted molar refractivity (Wildman–Crippen MR) is 79.3 cm³/mol. The third kappa shape index (κ3) is 5.14. The van der Waals surface area contributed by atoms with Gasteiger partial charge in [0.1, 0.15) is 17.5 Å². The number of amides is 2. The largest absolute Gasteiger partial charge is 0.326 e. The van der Waals surface area contributed by atoms with E-state index < -0.39 is 29.3 Å². The molecule has 0 bridgehead atoms. The highest BCUT2D eigenvalue weighted by molar-refractivity contribution is 5.96. The molecule has 23 heavy (non-hydrogen) atoms. The maximum Gasteiger partial charge on any atom is 0.224 e. The zero-order chi connectivity index (χ0) is 16.8. The van der Waals surface area contributed by atoms with Gasteiger partial charge in [-0.1, -0.05) is 0 Å². The third-order valence-corrected chi connectivity index (χ3v) is 2.91. The van der Waals surface area contributed by atoms with Gasteiger partial charge in [0.2, 0.25) is 11.8 Å². The zero-order valence-corrected chi connectivity index (χ0v) is 11.9. The summed E-state index contributed by atoms with van der Waals surface area (Å²) in [4.78, 5) is 23.3. The summed E-state index contributed by atoms with van der Waals surface area (Å²) in [5, 5.41) is 4.75. The van der Waals surface area contributed by atoms with Crippen molar-refractivity contribution in [3.8, 4) is 0 Å². The van der Waals surface area contributed by atoms with Gasteiger partial charge in [-0.05, 0) is 36.4 Å². The van der Waals surface area contributed by atoms with E-state index in [1.807, 2.05) is 0 Å². The summed E-state index contributed by atoms with van der Waals surface area (Å²) in [5.41, 5.74) is 0.247. The quantitative estimate of drug-likeness (QED) is 0.885. The van der Waals surface area contributed by atoms with E-state index in [1.165, 1.54) is 24.3 Å². The molecule has 0 saturated carbocycles. The summed E-state index contributed by atoms with van der Waals surface area (Å²) in [5.74, 6) is -3.09. The predicted octanol–water partition coefficient (Wildman–Crippen LogP) is 3.46. The Morgan fingerprint density at radius 1 is 0.783 bits per heavy atom. The van der Waals surface area contributed by atoms with Crippen LogP contribution >= 0.6 is 0 Å². The molecule has 0 aliphatic carbocycles. The van der Waals surface area contributed by atoms with Gasteiger partial charge in [-0.25, -0.2) is 13.2 Å². The number of carbonyl (C=O) groups is 2. The van der Waals surface area contributed by atoms with E-state index in [2.05, 4.69) is 10.6 Å². The summed E-state index contributed by atoms with van der Waals surface area (Å²) in [7, 11) is 0. The summed E-state index contributed by atoms with van der Waals surface area (Å²) in [6.45, 7) is 0. The van der Waals surface area contributed by atoms with Crippen molar-refractivity contribution < 1.29 is 22.8 Å². The van der Waals surface area contributed by atoms with Crippen molar-refractivity contribution in [1.82, 2.24) is 0 Å². The fourth-order valence-electron chi connectivity index (χ4n) is 1.79. The van der Waals surface area contributed by atoms with Crippen molar-refractivity contribution >= 4 is 23.2 Å². The van der Waals surface area contributed by atoms with Crippen LogP contribution in [0.2, 0.25) is 0 Å². The van der Waals surface area contributed by atoms with Gasteiger partial charge in [0.15, 0.2) is 0 Å². The van der Waals surface area contributed by atoms with Crippen LogP contribution in [0, 0.1) is 17.5 Å². The van der Waals surface area contributed by atoms with Gasteiger partial charge in [-0.2, -0.15) is 0 Å². The zero-order valence-electron chi connectivity index (χ0n) is 11.9. The van der Waals surface area contributed by atoms with E-state index in [0.29, 0.717) is 11.8 Å². The molecule has 2 rings (SSSR count). The molecular weight excluding hydrogens is 309 g/mol. The van der Waals surface area contributed by atoms with Gasteiger partial charge >= 0.3 is 0 Å². The van der Waals surface area contributed by atoms with Gasteiger partial charge in [-0.15, -0.1) is 0 Å². The molecule has 7 heteroatoms. The van der Waals surface area contributed by atoms with Crippen LogP contribution in [0.5, 0.6) is 0 Å². The highest BCUT2D eigenvalue weighted by Gasteiger charge is 2.10. The van der Waals surface area contributed by atoms with Gasteiger partial charge in [-0.3, -0.25) is 9.59 Å². The Labute approximate surface area is 130 Å². The summed E-state index contributed by atoms with van der Waals surface area (Å²) in [6.07, 6.45) is -0.310. The fourth-order valence-corrected chi connectivity index (χ4v) is 1.79. The molecular formula is C16H13F3N2O2. The minimum absolute atomic E-state index is 0.133. The van der Waals surface area contributed by atoms with Crippen molar-refractivity contribution in [2.24, 2.45) is 0 Å². The van der Waals surface area contributed by atoms with Crippen LogP contribution in [0.15, 0.2) is 42.5 Å². The SMILES string of the molecule is O=C(CCC(=O)Nc1ccc(F)cc1F)Nc1ccc(F)cc1. The Balaban J connectivity index is 1.81. The van der Waals surface area contributed by atoms with E-state index in [9.17, 15) is 22.8 Å². The number of hydrogen-bond donors (Lipinski definition) is 2. The number of rotatable bonds is 5. The molecule has 4 nitrogen and oxygen atoms in total. The first-order chi connectivity index (χ1) is 10.9. The summed E-state index contributed by atoms with van der Waals surface area (Å²) < 4.78 is 38.8. The second kappa shape index (κ2) is 7.44. The second-order valence-electron chi connectivity index (χ2n) is 4.73. The minimum Gasteiger partial charge on any atom is -0.326 e. The van der Waals surface area contributed by atoms with Crippen molar-refractivity contribution in [2.75, 3.05) is 10.6 Å². The number of benzene rings is 2. The molecule has 2 amide bonds. The second-order valence-corrected chi connectivity index (χ2v) is 4.73. The standard InChI is InChI=1S/C16H13F3N2O2/c17-10-1-4-12(5-2-10)20-15(22)7-8-16(23)21-14-6-3-11(18)9-13(14)19/h1-6,9H,7-8H2,(H,20,22)(H,21,23). The van der Waals surface area contributed by atoms with Crippen LogP contribution in [0.3, 0.4) is 0 Å². The Hall–Kier alpha value is -2.83. The first kappa shape index (κ1) is 16.5. The lowest BCUT2D eigenvalue weighted by Crippen LogP contribution is -2.17. The highest BCUT2D eigenvalue weighted by Crippen LogP contribution is 2.15. The first-order valence-electron chi connectivity index (χ1n) is 6.74.